The Kier molecular flexibility index (Phi) is 5.98. The lowest BCUT2D eigenvalue weighted by Crippen LogP contribution is -2.24. The molecule has 1 aromatic heterocycles. The van der Waals surface area contributed by atoms with Gasteiger partial charge in [-0.25, -0.2) is 9.78 Å². The Hall–Kier alpha value is -2.33. The monoisotopic (exact) mass is 316 g/mol. The van der Waals surface area contributed by atoms with E-state index >= 15 is 0 Å². The van der Waals surface area contributed by atoms with Crippen molar-refractivity contribution >= 4 is 23.8 Å². The standard InChI is InChI=1S/C17H17ClN2O2/c1-13-10-15(11-20-16(13)18)8-5-9-19-17(21)22-12-14-6-3-2-4-7-14/h2-8,10-11H,9,12H2,1H3,(H,19,21). The summed E-state index contributed by atoms with van der Waals surface area (Å²) in [6.45, 7) is 2.54. The number of carbonyl (C=O) groups excluding carboxylic acids is 1. The minimum atomic E-state index is -0.445. The van der Waals surface area contributed by atoms with Crippen molar-refractivity contribution < 1.29 is 9.53 Å². The third-order valence-corrected chi connectivity index (χ3v) is 3.32. The minimum absolute atomic E-state index is 0.261. The van der Waals surface area contributed by atoms with E-state index in [9.17, 15) is 4.79 Å². The number of hydrogen-bond acceptors (Lipinski definition) is 3. The predicted molar refractivity (Wildman–Crippen MR) is 87.6 cm³/mol. The molecule has 0 atom stereocenters. The highest BCUT2D eigenvalue weighted by atomic mass is 35.5. The highest BCUT2D eigenvalue weighted by Gasteiger charge is 2.00. The van der Waals surface area contributed by atoms with Crippen molar-refractivity contribution in [2.24, 2.45) is 0 Å². The van der Waals surface area contributed by atoms with Gasteiger partial charge in [0.1, 0.15) is 11.8 Å². The molecule has 2 aromatic rings. The lowest BCUT2D eigenvalue weighted by atomic mass is 10.2. The van der Waals surface area contributed by atoms with Crippen LogP contribution < -0.4 is 5.32 Å². The summed E-state index contributed by atoms with van der Waals surface area (Å²) in [6, 6.07) is 11.5. The second-order valence-electron chi connectivity index (χ2n) is 4.72. The minimum Gasteiger partial charge on any atom is -0.445 e. The van der Waals surface area contributed by atoms with Crippen LogP contribution in [0.3, 0.4) is 0 Å². The molecule has 114 valence electrons. The molecule has 1 aromatic carbocycles. The fraction of sp³-hybridized carbons (Fsp3) is 0.176. The van der Waals surface area contributed by atoms with Crippen molar-refractivity contribution in [1.82, 2.24) is 10.3 Å². The zero-order valence-corrected chi connectivity index (χ0v) is 13.0. The van der Waals surface area contributed by atoms with Gasteiger partial charge < -0.3 is 10.1 Å². The van der Waals surface area contributed by atoms with Gasteiger partial charge >= 0.3 is 6.09 Å². The quantitative estimate of drug-likeness (QED) is 0.849. The maximum absolute atomic E-state index is 11.5. The molecule has 22 heavy (non-hydrogen) atoms. The summed E-state index contributed by atoms with van der Waals surface area (Å²) in [7, 11) is 0. The van der Waals surface area contributed by atoms with E-state index in [0.717, 1.165) is 16.7 Å². The summed E-state index contributed by atoms with van der Waals surface area (Å²) in [4.78, 5) is 15.6. The molecule has 4 nitrogen and oxygen atoms in total. The van der Waals surface area contributed by atoms with Gasteiger partial charge in [0.15, 0.2) is 0 Å². The third-order valence-electron chi connectivity index (χ3n) is 2.92. The zero-order valence-electron chi connectivity index (χ0n) is 12.3. The molecule has 0 bridgehead atoms. The van der Waals surface area contributed by atoms with Crippen LogP contribution in [-0.4, -0.2) is 17.6 Å². The molecular weight excluding hydrogens is 300 g/mol. The van der Waals surface area contributed by atoms with E-state index in [-0.39, 0.29) is 6.61 Å². The van der Waals surface area contributed by atoms with Gasteiger partial charge in [-0.15, -0.1) is 0 Å². The number of nitrogens with zero attached hydrogens (tertiary/aromatic N) is 1. The molecule has 1 heterocycles. The van der Waals surface area contributed by atoms with Gasteiger partial charge in [0.2, 0.25) is 0 Å². The number of hydrogen-bond donors (Lipinski definition) is 1. The van der Waals surface area contributed by atoms with Gasteiger partial charge in [-0.2, -0.15) is 0 Å². The normalized spacial score (nSPS) is 10.6. The molecule has 0 spiro atoms. The number of alkyl carbamates (subject to hydrolysis) is 1. The molecule has 2 rings (SSSR count). The highest BCUT2D eigenvalue weighted by Crippen LogP contribution is 2.13. The number of benzene rings is 1. The van der Waals surface area contributed by atoms with Crippen LogP contribution in [0.2, 0.25) is 5.15 Å². The summed E-state index contributed by atoms with van der Waals surface area (Å²) in [5.74, 6) is 0. The van der Waals surface area contributed by atoms with Crippen molar-refractivity contribution in [3.8, 4) is 0 Å². The number of rotatable bonds is 5. The molecule has 0 saturated heterocycles. The van der Waals surface area contributed by atoms with Crippen LogP contribution in [0.4, 0.5) is 4.79 Å². The number of aromatic nitrogens is 1. The van der Waals surface area contributed by atoms with Gasteiger partial charge in [-0.1, -0.05) is 54.1 Å². The Morgan fingerprint density at radius 1 is 1.36 bits per heavy atom. The Morgan fingerprint density at radius 3 is 2.86 bits per heavy atom. The van der Waals surface area contributed by atoms with E-state index in [2.05, 4.69) is 10.3 Å². The first-order valence-electron chi connectivity index (χ1n) is 6.88. The number of nitrogens with one attached hydrogen (secondary N) is 1. The van der Waals surface area contributed by atoms with Gasteiger partial charge in [0, 0.05) is 12.7 Å². The topological polar surface area (TPSA) is 51.2 Å². The number of carbonyl (C=O) groups is 1. The molecule has 1 N–H and O–H groups in total. The summed E-state index contributed by atoms with van der Waals surface area (Å²) in [5, 5.41) is 3.15. The zero-order chi connectivity index (χ0) is 15.8. The lowest BCUT2D eigenvalue weighted by molar-refractivity contribution is 0.141. The van der Waals surface area contributed by atoms with E-state index < -0.39 is 6.09 Å². The lowest BCUT2D eigenvalue weighted by Gasteiger charge is -2.05. The molecule has 0 aliphatic rings. The van der Waals surface area contributed by atoms with Crippen molar-refractivity contribution in [2.75, 3.05) is 6.54 Å². The van der Waals surface area contributed by atoms with E-state index in [1.165, 1.54) is 0 Å². The van der Waals surface area contributed by atoms with E-state index in [4.69, 9.17) is 16.3 Å². The van der Waals surface area contributed by atoms with Gasteiger partial charge in [0.05, 0.1) is 0 Å². The number of amides is 1. The second kappa shape index (κ2) is 8.20. The number of aryl methyl sites for hydroxylation is 1. The Balaban J connectivity index is 1.72. The maximum atomic E-state index is 11.5. The average molecular weight is 317 g/mol. The fourth-order valence-electron chi connectivity index (χ4n) is 1.78. The molecular formula is C17H17ClN2O2. The van der Waals surface area contributed by atoms with Gasteiger partial charge in [-0.05, 0) is 29.7 Å². The fourth-order valence-corrected chi connectivity index (χ4v) is 1.89. The summed E-state index contributed by atoms with van der Waals surface area (Å²) in [5.41, 5.74) is 2.80. The summed E-state index contributed by atoms with van der Waals surface area (Å²) < 4.78 is 5.10. The largest absolute Gasteiger partial charge is 0.445 e. The third kappa shape index (κ3) is 5.22. The number of pyridine rings is 1. The van der Waals surface area contributed by atoms with E-state index in [1.54, 1.807) is 6.20 Å². The molecule has 0 aliphatic heterocycles. The van der Waals surface area contributed by atoms with Crippen LogP contribution in [-0.2, 0) is 11.3 Å². The van der Waals surface area contributed by atoms with Crippen LogP contribution in [0.5, 0.6) is 0 Å². The smallest absolute Gasteiger partial charge is 0.407 e. The van der Waals surface area contributed by atoms with Crippen LogP contribution >= 0.6 is 11.6 Å². The summed E-state index contributed by atoms with van der Waals surface area (Å²) in [6.07, 6.45) is 4.93. The van der Waals surface area contributed by atoms with Crippen LogP contribution in [0.1, 0.15) is 16.7 Å². The highest BCUT2D eigenvalue weighted by molar-refractivity contribution is 6.30. The van der Waals surface area contributed by atoms with E-state index in [1.807, 2.05) is 55.5 Å². The Bertz CT molecular complexity index is 657. The Labute approximate surface area is 134 Å². The second-order valence-corrected chi connectivity index (χ2v) is 5.08. The summed E-state index contributed by atoms with van der Waals surface area (Å²) >= 11 is 5.86. The van der Waals surface area contributed by atoms with Gasteiger partial charge in [-0.3, -0.25) is 0 Å². The first-order valence-corrected chi connectivity index (χ1v) is 7.26. The molecule has 5 heteroatoms. The molecule has 1 amide bonds. The molecule has 0 radical (unpaired) electrons. The van der Waals surface area contributed by atoms with Crippen LogP contribution in [0.25, 0.3) is 6.08 Å². The van der Waals surface area contributed by atoms with Crippen molar-refractivity contribution in [1.29, 1.82) is 0 Å². The number of ether oxygens (including phenoxy) is 1. The number of halogens is 1. The Morgan fingerprint density at radius 2 is 2.14 bits per heavy atom. The predicted octanol–water partition coefficient (Wildman–Crippen LogP) is 3.98. The van der Waals surface area contributed by atoms with Crippen molar-refractivity contribution in [3.05, 3.63) is 70.5 Å². The first kappa shape index (κ1) is 16.0. The van der Waals surface area contributed by atoms with Crippen LogP contribution in [0.15, 0.2) is 48.7 Å². The van der Waals surface area contributed by atoms with Crippen molar-refractivity contribution in [3.63, 3.8) is 0 Å². The molecule has 0 aliphatic carbocycles. The molecule has 0 saturated carbocycles. The molecule has 0 fully saturated rings. The van der Waals surface area contributed by atoms with E-state index in [0.29, 0.717) is 11.7 Å². The maximum Gasteiger partial charge on any atom is 0.407 e. The molecule has 0 unspecified atom stereocenters. The van der Waals surface area contributed by atoms with Gasteiger partial charge in [0.25, 0.3) is 0 Å². The van der Waals surface area contributed by atoms with Crippen molar-refractivity contribution in [2.45, 2.75) is 13.5 Å². The van der Waals surface area contributed by atoms with Crippen LogP contribution in [0, 0.1) is 6.92 Å². The SMILES string of the molecule is Cc1cc(C=CCNC(=O)OCc2ccccc2)cnc1Cl. The average Bonchev–Trinajstić information content (AvgIpc) is 2.54. The first-order chi connectivity index (χ1) is 10.6.